The molecule has 3 aromatic rings. The number of hydrogen-bond acceptors (Lipinski definition) is 2. The van der Waals surface area contributed by atoms with E-state index >= 15 is 0 Å². The Kier molecular flexibility index (Phi) is 3.94. The standard InChI is InChI=1S/C19H21N3S/c1-13-6-5-7-16(12-13)22-17(20-21-18(22)23)14-8-10-15(11-9-14)19(2,3)4/h5-12H,1-4H3,(H,21,23). The Labute approximate surface area is 142 Å². The van der Waals surface area contributed by atoms with E-state index in [0.717, 1.165) is 17.1 Å². The lowest BCUT2D eigenvalue weighted by Gasteiger charge is -2.19. The van der Waals surface area contributed by atoms with Crippen LogP contribution in [0.3, 0.4) is 0 Å². The van der Waals surface area contributed by atoms with Crippen LogP contribution in [0, 0.1) is 11.7 Å². The smallest absolute Gasteiger partial charge is 0.200 e. The molecule has 3 nitrogen and oxygen atoms in total. The molecule has 2 aromatic carbocycles. The van der Waals surface area contributed by atoms with Crippen molar-refractivity contribution in [2.75, 3.05) is 0 Å². The van der Waals surface area contributed by atoms with Crippen molar-refractivity contribution >= 4 is 12.2 Å². The van der Waals surface area contributed by atoms with Gasteiger partial charge in [-0.15, -0.1) is 0 Å². The van der Waals surface area contributed by atoms with E-state index in [0.29, 0.717) is 4.77 Å². The molecule has 0 amide bonds. The summed E-state index contributed by atoms with van der Waals surface area (Å²) < 4.78 is 2.58. The topological polar surface area (TPSA) is 33.6 Å². The van der Waals surface area contributed by atoms with Crippen LogP contribution in [0.25, 0.3) is 17.1 Å². The SMILES string of the molecule is Cc1cccc(-n2c(-c3ccc(C(C)(C)C)cc3)n[nH]c2=S)c1. The summed E-state index contributed by atoms with van der Waals surface area (Å²) in [7, 11) is 0. The summed E-state index contributed by atoms with van der Waals surface area (Å²) in [5.74, 6) is 0.834. The molecule has 0 saturated heterocycles. The molecule has 1 heterocycles. The monoisotopic (exact) mass is 323 g/mol. The van der Waals surface area contributed by atoms with Crippen molar-refractivity contribution in [2.24, 2.45) is 0 Å². The Hall–Kier alpha value is -2.20. The Bertz CT molecular complexity index is 880. The van der Waals surface area contributed by atoms with Gasteiger partial charge >= 0.3 is 0 Å². The van der Waals surface area contributed by atoms with Crippen LogP contribution >= 0.6 is 12.2 Å². The number of rotatable bonds is 2. The minimum atomic E-state index is 0.139. The Morgan fingerprint density at radius 3 is 2.35 bits per heavy atom. The van der Waals surface area contributed by atoms with Crippen LogP contribution in [0.1, 0.15) is 31.9 Å². The fraction of sp³-hybridized carbons (Fsp3) is 0.263. The highest BCUT2D eigenvalue weighted by Crippen LogP contribution is 2.26. The summed E-state index contributed by atoms with van der Waals surface area (Å²) in [6, 6.07) is 16.8. The molecule has 0 spiro atoms. The Morgan fingerprint density at radius 2 is 1.74 bits per heavy atom. The van der Waals surface area contributed by atoms with Gasteiger partial charge in [-0.1, -0.05) is 57.2 Å². The first-order valence-electron chi connectivity index (χ1n) is 7.71. The second-order valence-corrected chi connectivity index (χ2v) is 7.24. The lowest BCUT2D eigenvalue weighted by Crippen LogP contribution is -2.10. The molecular weight excluding hydrogens is 302 g/mol. The van der Waals surface area contributed by atoms with E-state index in [1.165, 1.54) is 11.1 Å². The first-order valence-corrected chi connectivity index (χ1v) is 8.12. The minimum Gasteiger partial charge on any atom is -0.268 e. The molecule has 0 bridgehead atoms. The fourth-order valence-corrected chi connectivity index (χ4v) is 2.85. The molecule has 4 heteroatoms. The van der Waals surface area contributed by atoms with Crippen LogP contribution in [0.4, 0.5) is 0 Å². The molecule has 0 atom stereocenters. The van der Waals surface area contributed by atoms with Gasteiger partial charge in [0.2, 0.25) is 0 Å². The summed E-state index contributed by atoms with van der Waals surface area (Å²) in [5.41, 5.74) is 4.71. The molecular formula is C19H21N3S. The zero-order valence-electron chi connectivity index (χ0n) is 13.9. The van der Waals surface area contributed by atoms with Crippen LogP contribution in [-0.2, 0) is 5.41 Å². The molecule has 3 rings (SSSR count). The van der Waals surface area contributed by atoms with Crippen molar-refractivity contribution in [1.82, 2.24) is 14.8 Å². The van der Waals surface area contributed by atoms with Gasteiger partial charge in [0.25, 0.3) is 0 Å². The average Bonchev–Trinajstić information content (AvgIpc) is 2.88. The highest BCUT2D eigenvalue weighted by molar-refractivity contribution is 7.71. The zero-order valence-corrected chi connectivity index (χ0v) is 14.7. The van der Waals surface area contributed by atoms with E-state index in [1.807, 2.05) is 16.7 Å². The van der Waals surface area contributed by atoms with Crippen LogP contribution < -0.4 is 0 Å². The van der Waals surface area contributed by atoms with Crippen molar-refractivity contribution in [2.45, 2.75) is 33.1 Å². The summed E-state index contributed by atoms with van der Waals surface area (Å²) in [5, 5.41) is 7.34. The van der Waals surface area contributed by atoms with Gasteiger partial charge in [0, 0.05) is 5.56 Å². The van der Waals surface area contributed by atoms with Gasteiger partial charge in [-0.2, -0.15) is 5.10 Å². The first kappa shape index (κ1) is 15.7. The number of aromatic nitrogens is 3. The normalized spacial score (nSPS) is 11.7. The second-order valence-electron chi connectivity index (χ2n) is 6.85. The summed E-state index contributed by atoms with van der Waals surface area (Å²) in [4.78, 5) is 0. The van der Waals surface area contributed by atoms with Gasteiger partial charge in [0.15, 0.2) is 10.6 Å². The number of benzene rings is 2. The number of hydrogen-bond donors (Lipinski definition) is 1. The molecule has 0 unspecified atom stereocenters. The molecule has 1 aromatic heterocycles. The molecule has 23 heavy (non-hydrogen) atoms. The number of nitrogens with one attached hydrogen (secondary N) is 1. The summed E-state index contributed by atoms with van der Waals surface area (Å²) in [6.07, 6.45) is 0. The van der Waals surface area contributed by atoms with Crippen LogP contribution in [0.5, 0.6) is 0 Å². The predicted molar refractivity (Wildman–Crippen MR) is 97.6 cm³/mol. The van der Waals surface area contributed by atoms with E-state index in [-0.39, 0.29) is 5.41 Å². The lowest BCUT2D eigenvalue weighted by molar-refractivity contribution is 0.590. The molecule has 0 saturated carbocycles. The quantitative estimate of drug-likeness (QED) is 0.657. The van der Waals surface area contributed by atoms with Crippen LogP contribution in [0.2, 0.25) is 0 Å². The van der Waals surface area contributed by atoms with Gasteiger partial charge in [0.05, 0.1) is 5.69 Å². The maximum atomic E-state index is 5.43. The fourth-order valence-electron chi connectivity index (χ4n) is 2.62. The second kappa shape index (κ2) is 5.78. The number of H-pyrrole nitrogens is 1. The third-order valence-electron chi connectivity index (χ3n) is 3.94. The van der Waals surface area contributed by atoms with Gasteiger partial charge in [-0.25, -0.2) is 0 Å². The molecule has 0 aliphatic heterocycles. The zero-order chi connectivity index (χ0) is 16.6. The molecule has 0 radical (unpaired) electrons. The van der Waals surface area contributed by atoms with Crippen LogP contribution in [-0.4, -0.2) is 14.8 Å². The molecule has 1 N–H and O–H groups in total. The van der Waals surface area contributed by atoms with Crippen molar-refractivity contribution in [3.8, 4) is 17.1 Å². The van der Waals surface area contributed by atoms with Gasteiger partial charge < -0.3 is 0 Å². The predicted octanol–water partition coefficient (Wildman–Crippen LogP) is 5.20. The molecule has 0 aliphatic rings. The minimum absolute atomic E-state index is 0.139. The van der Waals surface area contributed by atoms with Gasteiger partial charge in [-0.05, 0) is 47.8 Å². The largest absolute Gasteiger partial charge is 0.268 e. The maximum Gasteiger partial charge on any atom is 0.200 e. The van der Waals surface area contributed by atoms with Crippen molar-refractivity contribution in [3.63, 3.8) is 0 Å². The Balaban J connectivity index is 2.10. The number of aromatic amines is 1. The summed E-state index contributed by atoms with van der Waals surface area (Å²) >= 11 is 5.43. The highest BCUT2D eigenvalue weighted by atomic mass is 32.1. The highest BCUT2D eigenvalue weighted by Gasteiger charge is 2.15. The maximum absolute atomic E-state index is 5.43. The van der Waals surface area contributed by atoms with Crippen molar-refractivity contribution in [3.05, 3.63) is 64.4 Å². The Morgan fingerprint density at radius 1 is 1.04 bits per heavy atom. The lowest BCUT2D eigenvalue weighted by atomic mass is 9.87. The summed E-state index contributed by atoms with van der Waals surface area (Å²) in [6.45, 7) is 8.71. The van der Waals surface area contributed by atoms with Gasteiger partial charge in [-0.3, -0.25) is 9.67 Å². The van der Waals surface area contributed by atoms with Crippen molar-refractivity contribution in [1.29, 1.82) is 0 Å². The van der Waals surface area contributed by atoms with Gasteiger partial charge in [0.1, 0.15) is 0 Å². The van der Waals surface area contributed by atoms with Crippen LogP contribution in [0.15, 0.2) is 48.5 Å². The van der Waals surface area contributed by atoms with E-state index in [1.54, 1.807) is 0 Å². The number of nitrogens with zero attached hydrogens (tertiary/aromatic N) is 2. The van der Waals surface area contributed by atoms with Crippen molar-refractivity contribution < 1.29 is 0 Å². The van der Waals surface area contributed by atoms with E-state index in [2.05, 4.69) is 74.3 Å². The average molecular weight is 323 g/mol. The number of aryl methyl sites for hydroxylation is 1. The third kappa shape index (κ3) is 3.13. The van der Waals surface area contributed by atoms with E-state index in [4.69, 9.17) is 12.2 Å². The van der Waals surface area contributed by atoms with E-state index in [9.17, 15) is 0 Å². The first-order chi connectivity index (χ1) is 10.9. The molecule has 0 aliphatic carbocycles. The molecule has 0 fully saturated rings. The third-order valence-corrected chi connectivity index (χ3v) is 4.22. The van der Waals surface area contributed by atoms with E-state index < -0.39 is 0 Å². The molecule has 118 valence electrons.